The van der Waals surface area contributed by atoms with Gasteiger partial charge in [-0.1, -0.05) is 31.5 Å². The summed E-state index contributed by atoms with van der Waals surface area (Å²) in [6.45, 7) is 4.71. The molecule has 46 heavy (non-hydrogen) atoms. The fourth-order valence-corrected chi connectivity index (χ4v) is 5.46. The number of halogens is 4. The Bertz CT molecular complexity index is 1810. The summed E-state index contributed by atoms with van der Waals surface area (Å²) in [5.41, 5.74) is 1.62. The summed E-state index contributed by atoms with van der Waals surface area (Å²) in [5, 5.41) is 6.36. The summed E-state index contributed by atoms with van der Waals surface area (Å²) < 4.78 is 48.0. The number of ether oxygens (including phenoxy) is 2. The standard InChI is InChI=1S/C30H25ClF3N5O6S/c1-15(2)25(40)36-17-4-5-20(31)22(13-17)37-29-38-26(41)23(46-29)12-16-3-6-21-18(11-16)24(39-7-9-44-10-8-39)19(14-35-21)27(42)45-28(43)30(32,33)34/h3-6,11-15H,7-10H2,1-2H3,(H,36,40)(H,37,38,41). The summed E-state index contributed by atoms with van der Waals surface area (Å²) in [6, 6.07) is 9.73. The molecule has 5 rings (SSSR count). The van der Waals surface area contributed by atoms with Gasteiger partial charge in [0.1, 0.15) is 5.56 Å². The first-order chi connectivity index (χ1) is 21.8. The predicted octanol–water partition coefficient (Wildman–Crippen LogP) is 5.46. The summed E-state index contributed by atoms with van der Waals surface area (Å²) in [4.78, 5) is 59.8. The number of esters is 2. The maximum absolute atomic E-state index is 12.9. The molecule has 0 radical (unpaired) electrons. The van der Waals surface area contributed by atoms with Crippen LogP contribution in [0, 0.1) is 5.92 Å². The zero-order valence-corrected chi connectivity index (χ0v) is 25.8. The van der Waals surface area contributed by atoms with Crippen LogP contribution in [-0.4, -0.2) is 66.4 Å². The molecule has 0 saturated carbocycles. The first kappa shape index (κ1) is 32.9. The average molecular weight is 676 g/mol. The first-order valence-electron chi connectivity index (χ1n) is 13.8. The van der Waals surface area contributed by atoms with E-state index >= 15 is 0 Å². The minimum atomic E-state index is -5.36. The molecule has 3 aromatic rings. The number of hydrogen-bond acceptors (Lipinski definition) is 10. The van der Waals surface area contributed by atoms with Gasteiger partial charge in [-0.3, -0.25) is 14.6 Å². The summed E-state index contributed by atoms with van der Waals surface area (Å²) in [7, 11) is 0. The van der Waals surface area contributed by atoms with Gasteiger partial charge >= 0.3 is 18.1 Å². The number of alkyl halides is 3. The van der Waals surface area contributed by atoms with Gasteiger partial charge in [0.05, 0.1) is 40.0 Å². The average Bonchev–Trinajstić information content (AvgIpc) is 3.35. The van der Waals surface area contributed by atoms with Gasteiger partial charge in [-0.2, -0.15) is 13.2 Å². The van der Waals surface area contributed by atoms with Crippen molar-refractivity contribution in [1.29, 1.82) is 0 Å². The third kappa shape index (κ3) is 7.49. The molecule has 16 heteroatoms. The van der Waals surface area contributed by atoms with E-state index in [1.807, 2.05) is 0 Å². The Balaban J connectivity index is 1.47. The van der Waals surface area contributed by atoms with Crippen molar-refractivity contribution in [2.75, 3.05) is 36.5 Å². The quantitative estimate of drug-likeness (QED) is 0.198. The van der Waals surface area contributed by atoms with Crippen LogP contribution in [0.3, 0.4) is 0 Å². The number of amidine groups is 1. The van der Waals surface area contributed by atoms with Crippen molar-refractivity contribution in [1.82, 2.24) is 10.3 Å². The molecule has 2 aliphatic rings. The largest absolute Gasteiger partial charge is 0.491 e. The van der Waals surface area contributed by atoms with Gasteiger partial charge < -0.3 is 25.0 Å². The van der Waals surface area contributed by atoms with Gasteiger partial charge in [0, 0.05) is 36.3 Å². The van der Waals surface area contributed by atoms with E-state index in [-0.39, 0.29) is 33.1 Å². The number of nitrogens with zero attached hydrogens (tertiary/aromatic N) is 3. The molecule has 3 heterocycles. The number of nitrogens with one attached hydrogen (secondary N) is 2. The van der Waals surface area contributed by atoms with Crippen molar-refractivity contribution in [3.63, 3.8) is 0 Å². The predicted molar refractivity (Wildman–Crippen MR) is 167 cm³/mol. The number of carbonyl (C=O) groups excluding carboxylic acids is 4. The van der Waals surface area contributed by atoms with E-state index in [0.717, 1.165) is 18.0 Å². The van der Waals surface area contributed by atoms with E-state index in [1.54, 1.807) is 61.2 Å². The van der Waals surface area contributed by atoms with Gasteiger partial charge in [-0.15, -0.1) is 0 Å². The number of thioether (sulfide) groups is 1. The molecule has 0 spiro atoms. The molecule has 2 saturated heterocycles. The Morgan fingerprint density at radius 1 is 1.17 bits per heavy atom. The molecule has 0 unspecified atom stereocenters. The topological polar surface area (TPSA) is 139 Å². The highest BCUT2D eigenvalue weighted by Gasteiger charge is 2.43. The Morgan fingerprint density at radius 3 is 2.61 bits per heavy atom. The molecule has 2 N–H and O–H groups in total. The van der Waals surface area contributed by atoms with Crippen LogP contribution in [0.5, 0.6) is 0 Å². The lowest BCUT2D eigenvalue weighted by atomic mass is 10.0. The lowest BCUT2D eigenvalue weighted by Gasteiger charge is -2.31. The Hall–Kier alpha value is -4.47. The Labute approximate surface area is 269 Å². The molecular weight excluding hydrogens is 651 g/mol. The number of anilines is 2. The van der Waals surface area contributed by atoms with Crippen molar-refractivity contribution in [3.05, 3.63) is 63.6 Å². The second-order valence-electron chi connectivity index (χ2n) is 10.4. The number of benzene rings is 2. The molecule has 1 aromatic heterocycles. The molecule has 2 fully saturated rings. The third-order valence-corrected chi connectivity index (χ3v) is 7.97. The van der Waals surface area contributed by atoms with E-state index in [0.29, 0.717) is 59.2 Å². The SMILES string of the molecule is CC(C)C(=O)Nc1ccc(Cl)c(N=C2NC(=O)C(=Cc3ccc4ncc(C(=O)OC(=O)C(F)(F)F)c(N5CCOCC5)c4c3)S2)c1. The van der Waals surface area contributed by atoms with Gasteiger partial charge in [0.25, 0.3) is 5.91 Å². The Morgan fingerprint density at radius 2 is 1.91 bits per heavy atom. The lowest BCUT2D eigenvalue weighted by Crippen LogP contribution is -2.37. The summed E-state index contributed by atoms with van der Waals surface area (Å²) >= 11 is 7.35. The van der Waals surface area contributed by atoms with Crippen molar-refractivity contribution in [2.24, 2.45) is 10.9 Å². The third-order valence-electron chi connectivity index (χ3n) is 6.74. The molecule has 0 atom stereocenters. The number of amides is 2. The minimum Gasteiger partial charge on any atom is -0.383 e. The van der Waals surface area contributed by atoms with Crippen LogP contribution < -0.4 is 15.5 Å². The van der Waals surface area contributed by atoms with Gasteiger partial charge in [0.15, 0.2) is 5.17 Å². The monoisotopic (exact) mass is 675 g/mol. The lowest BCUT2D eigenvalue weighted by molar-refractivity contribution is -0.193. The second-order valence-corrected chi connectivity index (χ2v) is 11.8. The van der Waals surface area contributed by atoms with Crippen LogP contribution in [-0.2, 0) is 23.9 Å². The zero-order chi connectivity index (χ0) is 33.2. The molecular formula is C30H25ClF3N5O6S. The zero-order valence-electron chi connectivity index (χ0n) is 24.2. The van der Waals surface area contributed by atoms with Crippen LogP contribution in [0.1, 0.15) is 29.8 Å². The number of morpholine rings is 1. The van der Waals surface area contributed by atoms with Crippen molar-refractivity contribution in [3.8, 4) is 0 Å². The van der Waals surface area contributed by atoms with E-state index in [1.165, 1.54) is 0 Å². The number of hydrogen-bond donors (Lipinski definition) is 2. The fraction of sp³-hybridized carbons (Fsp3) is 0.267. The first-order valence-corrected chi connectivity index (χ1v) is 15.0. The second kappa shape index (κ2) is 13.5. The highest BCUT2D eigenvalue weighted by molar-refractivity contribution is 8.18. The van der Waals surface area contributed by atoms with E-state index in [4.69, 9.17) is 16.3 Å². The van der Waals surface area contributed by atoms with E-state index in [2.05, 4.69) is 25.3 Å². The van der Waals surface area contributed by atoms with Gasteiger partial charge in [0.2, 0.25) is 5.91 Å². The van der Waals surface area contributed by atoms with E-state index in [9.17, 15) is 32.3 Å². The van der Waals surface area contributed by atoms with Crippen molar-refractivity contribution >= 4 is 86.3 Å². The normalized spacial score (nSPS) is 17.1. The van der Waals surface area contributed by atoms with Gasteiger partial charge in [-0.25, -0.2) is 14.6 Å². The van der Waals surface area contributed by atoms with Crippen molar-refractivity contribution in [2.45, 2.75) is 20.0 Å². The molecule has 2 aliphatic heterocycles. The Kier molecular flexibility index (Phi) is 9.65. The molecule has 240 valence electrons. The minimum absolute atomic E-state index is 0.184. The van der Waals surface area contributed by atoms with Crippen LogP contribution in [0.25, 0.3) is 17.0 Å². The van der Waals surface area contributed by atoms with Crippen LogP contribution in [0.4, 0.5) is 30.2 Å². The maximum Gasteiger partial charge on any atom is 0.491 e. The van der Waals surface area contributed by atoms with Crippen LogP contribution in [0.15, 0.2) is 52.5 Å². The molecule has 0 aliphatic carbocycles. The van der Waals surface area contributed by atoms with Gasteiger partial charge in [-0.05, 0) is 53.7 Å². The molecule has 11 nitrogen and oxygen atoms in total. The number of fused-ring (bicyclic) bond motifs is 1. The highest BCUT2D eigenvalue weighted by Crippen LogP contribution is 2.35. The molecule has 2 amide bonds. The summed E-state index contributed by atoms with van der Waals surface area (Å²) in [5.74, 6) is -5.01. The van der Waals surface area contributed by atoms with E-state index < -0.39 is 24.0 Å². The maximum atomic E-state index is 12.9. The molecule has 0 bridgehead atoms. The van der Waals surface area contributed by atoms with Crippen LogP contribution in [0.2, 0.25) is 5.02 Å². The number of aliphatic imine (C=N–C) groups is 1. The number of rotatable bonds is 6. The number of pyridine rings is 1. The number of carbonyl (C=O) groups is 4. The van der Waals surface area contributed by atoms with Crippen molar-refractivity contribution < 1.29 is 41.8 Å². The van der Waals surface area contributed by atoms with Crippen LogP contribution >= 0.6 is 23.4 Å². The fourth-order valence-electron chi connectivity index (χ4n) is 4.46. The molecule has 2 aromatic carbocycles. The summed E-state index contributed by atoms with van der Waals surface area (Å²) in [6.07, 6.45) is -2.73. The smallest absolute Gasteiger partial charge is 0.383 e. The number of aromatic nitrogens is 1. The highest BCUT2D eigenvalue weighted by atomic mass is 35.5.